The van der Waals surface area contributed by atoms with Gasteiger partial charge in [-0.25, -0.2) is 4.68 Å². The summed E-state index contributed by atoms with van der Waals surface area (Å²) in [7, 11) is 1.64. The van der Waals surface area contributed by atoms with E-state index in [1.165, 1.54) is 4.68 Å². The van der Waals surface area contributed by atoms with Gasteiger partial charge >= 0.3 is 0 Å². The molecular weight excluding hydrogens is 154 g/mol. The van der Waals surface area contributed by atoms with Gasteiger partial charge in [0.05, 0.1) is 5.69 Å². The van der Waals surface area contributed by atoms with E-state index in [0.29, 0.717) is 12.1 Å². The third kappa shape index (κ3) is 1.25. The lowest BCUT2D eigenvalue weighted by molar-refractivity contribution is 0.674. The molecule has 0 atom stereocenters. The van der Waals surface area contributed by atoms with Gasteiger partial charge in [0.25, 0.3) is 5.56 Å². The summed E-state index contributed by atoms with van der Waals surface area (Å²) in [5.74, 6) is 0. The Bertz CT molecular complexity index is 354. The first-order valence-electron chi connectivity index (χ1n) is 3.81. The Hall–Kier alpha value is -1.16. The van der Waals surface area contributed by atoms with E-state index in [1.807, 2.05) is 6.92 Å². The minimum absolute atomic E-state index is 0.0685. The van der Waals surface area contributed by atoms with Crippen LogP contribution in [0.15, 0.2) is 4.79 Å². The fourth-order valence-electron chi connectivity index (χ4n) is 1.27. The maximum absolute atomic E-state index is 11.3. The van der Waals surface area contributed by atoms with Gasteiger partial charge in [-0.1, -0.05) is 0 Å². The highest BCUT2D eigenvalue weighted by molar-refractivity contribution is 5.25. The maximum Gasteiger partial charge on any atom is 0.269 e. The van der Waals surface area contributed by atoms with Gasteiger partial charge in [-0.2, -0.15) is 5.10 Å². The zero-order valence-electron chi connectivity index (χ0n) is 7.59. The van der Waals surface area contributed by atoms with Crippen molar-refractivity contribution in [2.24, 2.45) is 12.8 Å². The number of aromatic nitrogens is 2. The molecule has 1 rings (SSSR count). The van der Waals surface area contributed by atoms with Gasteiger partial charge in [-0.05, 0) is 19.4 Å². The third-order valence-electron chi connectivity index (χ3n) is 2.01. The van der Waals surface area contributed by atoms with Crippen LogP contribution in [0, 0.1) is 13.8 Å². The first-order valence-corrected chi connectivity index (χ1v) is 3.81. The Balaban J connectivity index is 3.52. The molecule has 1 aromatic heterocycles. The van der Waals surface area contributed by atoms with Gasteiger partial charge in [0.1, 0.15) is 0 Å². The fourth-order valence-corrected chi connectivity index (χ4v) is 1.27. The monoisotopic (exact) mass is 167 g/mol. The topological polar surface area (TPSA) is 60.9 Å². The van der Waals surface area contributed by atoms with Gasteiger partial charge in [0.2, 0.25) is 0 Å². The van der Waals surface area contributed by atoms with E-state index in [0.717, 1.165) is 11.3 Å². The van der Waals surface area contributed by atoms with E-state index in [4.69, 9.17) is 5.73 Å². The van der Waals surface area contributed by atoms with Gasteiger partial charge in [-0.3, -0.25) is 4.79 Å². The predicted molar refractivity (Wildman–Crippen MR) is 46.8 cm³/mol. The average molecular weight is 167 g/mol. The lowest BCUT2D eigenvalue weighted by atomic mass is 10.1. The number of nitrogens with zero attached hydrogens (tertiary/aromatic N) is 2. The zero-order chi connectivity index (χ0) is 9.30. The van der Waals surface area contributed by atoms with E-state index in [-0.39, 0.29) is 5.56 Å². The molecule has 0 aliphatic rings. The SMILES string of the molecule is Cc1nn(C)c(=O)c(C)c1CN. The molecular formula is C8H13N3O. The molecule has 1 aromatic rings. The van der Waals surface area contributed by atoms with E-state index in [9.17, 15) is 4.79 Å². The number of nitrogens with two attached hydrogens (primary N) is 1. The predicted octanol–water partition coefficient (Wildman–Crippen LogP) is -0.144. The molecule has 2 N–H and O–H groups in total. The van der Waals surface area contributed by atoms with Crippen LogP contribution in [-0.4, -0.2) is 9.78 Å². The molecule has 0 aromatic carbocycles. The summed E-state index contributed by atoms with van der Waals surface area (Å²) in [5, 5.41) is 4.03. The van der Waals surface area contributed by atoms with Crippen molar-refractivity contribution in [2.45, 2.75) is 20.4 Å². The highest BCUT2D eigenvalue weighted by Crippen LogP contribution is 2.04. The molecule has 0 bridgehead atoms. The summed E-state index contributed by atoms with van der Waals surface area (Å²) in [5.41, 5.74) is 7.81. The third-order valence-corrected chi connectivity index (χ3v) is 2.01. The molecule has 0 fully saturated rings. The molecule has 0 aliphatic carbocycles. The Kier molecular flexibility index (Phi) is 2.28. The smallest absolute Gasteiger partial charge is 0.269 e. The van der Waals surface area contributed by atoms with Crippen molar-refractivity contribution in [1.29, 1.82) is 0 Å². The molecule has 4 heteroatoms. The van der Waals surface area contributed by atoms with E-state index in [2.05, 4.69) is 5.10 Å². The quantitative estimate of drug-likeness (QED) is 0.633. The Labute approximate surface area is 71.0 Å². The van der Waals surface area contributed by atoms with Crippen molar-refractivity contribution < 1.29 is 0 Å². The van der Waals surface area contributed by atoms with Crippen molar-refractivity contribution in [3.05, 3.63) is 27.2 Å². The highest BCUT2D eigenvalue weighted by atomic mass is 16.1. The molecule has 0 amide bonds. The molecule has 12 heavy (non-hydrogen) atoms. The molecule has 0 spiro atoms. The molecule has 0 saturated carbocycles. The number of rotatable bonds is 1. The average Bonchev–Trinajstić information content (AvgIpc) is 2.01. The van der Waals surface area contributed by atoms with Crippen molar-refractivity contribution >= 4 is 0 Å². The Morgan fingerprint density at radius 2 is 2.08 bits per heavy atom. The molecule has 0 unspecified atom stereocenters. The summed E-state index contributed by atoms with van der Waals surface area (Å²) in [6, 6.07) is 0. The van der Waals surface area contributed by atoms with Crippen LogP contribution in [0.25, 0.3) is 0 Å². The maximum atomic E-state index is 11.3. The first kappa shape index (κ1) is 8.93. The van der Waals surface area contributed by atoms with Gasteiger partial charge < -0.3 is 5.73 Å². The summed E-state index contributed by atoms with van der Waals surface area (Å²) in [4.78, 5) is 11.3. The zero-order valence-corrected chi connectivity index (χ0v) is 7.59. The van der Waals surface area contributed by atoms with E-state index >= 15 is 0 Å². The van der Waals surface area contributed by atoms with Crippen LogP contribution in [0.1, 0.15) is 16.8 Å². The minimum Gasteiger partial charge on any atom is -0.326 e. The van der Waals surface area contributed by atoms with Crippen molar-refractivity contribution in [1.82, 2.24) is 9.78 Å². The van der Waals surface area contributed by atoms with Crippen LogP contribution in [-0.2, 0) is 13.6 Å². The number of hydrogen-bond donors (Lipinski definition) is 1. The van der Waals surface area contributed by atoms with Gasteiger partial charge in [0.15, 0.2) is 0 Å². The second-order valence-corrected chi connectivity index (χ2v) is 2.82. The first-order chi connectivity index (χ1) is 5.57. The molecule has 0 aliphatic heterocycles. The van der Waals surface area contributed by atoms with Gasteiger partial charge in [0, 0.05) is 19.2 Å². The lowest BCUT2D eigenvalue weighted by Gasteiger charge is -2.07. The van der Waals surface area contributed by atoms with Crippen molar-refractivity contribution in [2.75, 3.05) is 0 Å². The Morgan fingerprint density at radius 3 is 2.58 bits per heavy atom. The molecule has 0 radical (unpaired) electrons. The van der Waals surface area contributed by atoms with Crippen LogP contribution in [0.4, 0.5) is 0 Å². The number of hydrogen-bond acceptors (Lipinski definition) is 3. The second-order valence-electron chi connectivity index (χ2n) is 2.82. The largest absolute Gasteiger partial charge is 0.326 e. The Morgan fingerprint density at radius 1 is 1.50 bits per heavy atom. The molecule has 0 saturated heterocycles. The van der Waals surface area contributed by atoms with Crippen LogP contribution >= 0.6 is 0 Å². The molecule has 4 nitrogen and oxygen atoms in total. The molecule has 1 heterocycles. The summed E-state index contributed by atoms with van der Waals surface area (Å²) in [6.45, 7) is 4.01. The van der Waals surface area contributed by atoms with Crippen molar-refractivity contribution in [3.8, 4) is 0 Å². The van der Waals surface area contributed by atoms with Crippen LogP contribution < -0.4 is 11.3 Å². The summed E-state index contributed by atoms with van der Waals surface area (Å²) >= 11 is 0. The summed E-state index contributed by atoms with van der Waals surface area (Å²) in [6.07, 6.45) is 0. The highest BCUT2D eigenvalue weighted by Gasteiger charge is 2.06. The molecule has 66 valence electrons. The van der Waals surface area contributed by atoms with Gasteiger partial charge in [-0.15, -0.1) is 0 Å². The normalized spacial score (nSPS) is 10.3. The van der Waals surface area contributed by atoms with Crippen molar-refractivity contribution in [3.63, 3.8) is 0 Å². The fraction of sp³-hybridized carbons (Fsp3) is 0.500. The van der Waals surface area contributed by atoms with Crippen LogP contribution in [0.2, 0.25) is 0 Å². The lowest BCUT2D eigenvalue weighted by Crippen LogP contribution is -2.25. The minimum atomic E-state index is -0.0685. The van der Waals surface area contributed by atoms with E-state index < -0.39 is 0 Å². The number of aryl methyl sites for hydroxylation is 2. The van der Waals surface area contributed by atoms with Crippen LogP contribution in [0.3, 0.4) is 0 Å². The second kappa shape index (κ2) is 3.06. The summed E-state index contributed by atoms with van der Waals surface area (Å²) < 4.78 is 1.34. The van der Waals surface area contributed by atoms with Crippen LogP contribution in [0.5, 0.6) is 0 Å². The standard InChI is InChI=1S/C8H13N3O/c1-5-7(4-9)6(2)10-11(3)8(5)12/h4,9H2,1-3H3. The van der Waals surface area contributed by atoms with E-state index in [1.54, 1.807) is 14.0 Å².